The Hall–Kier alpha value is -1.02. The summed E-state index contributed by atoms with van der Waals surface area (Å²) in [4.78, 5) is 10.8. The molecule has 0 aliphatic rings. The highest BCUT2D eigenvalue weighted by Gasteiger charge is 2.04. The average molecular weight is 269 g/mol. The van der Waals surface area contributed by atoms with Gasteiger partial charge >= 0.3 is 0 Å². The summed E-state index contributed by atoms with van der Waals surface area (Å²) in [5.74, 6) is 0.852. The minimum atomic E-state index is -0.336. The van der Waals surface area contributed by atoms with E-state index in [1.54, 1.807) is 0 Å². The lowest BCUT2D eigenvalue weighted by Crippen LogP contribution is -2.11. The van der Waals surface area contributed by atoms with Crippen molar-refractivity contribution in [2.24, 2.45) is 0 Å². The number of carbonyl (C=O) groups excluding carboxylic acids is 1. The smallest absolute Gasteiger partial charge is 0.226 e. The van der Waals surface area contributed by atoms with Gasteiger partial charge in [0.2, 0.25) is 5.24 Å². The molecular formula is C15H21ClO2. The van der Waals surface area contributed by atoms with E-state index in [-0.39, 0.29) is 17.8 Å². The second kappa shape index (κ2) is 8.15. The van der Waals surface area contributed by atoms with E-state index in [0.29, 0.717) is 0 Å². The Bertz CT molecular complexity index is 359. The van der Waals surface area contributed by atoms with E-state index in [9.17, 15) is 4.79 Å². The Morgan fingerprint density at radius 1 is 1.28 bits per heavy atom. The highest BCUT2D eigenvalue weighted by molar-refractivity contribution is 6.63. The van der Waals surface area contributed by atoms with Gasteiger partial charge in [0.25, 0.3) is 0 Å². The van der Waals surface area contributed by atoms with Gasteiger partial charge in [-0.15, -0.1) is 0 Å². The lowest BCUT2D eigenvalue weighted by atomic mass is 10.1. The molecule has 0 heterocycles. The Kier molecular flexibility index (Phi) is 6.81. The van der Waals surface area contributed by atoms with Crippen molar-refractivity contribution in [3.05, 3.63) is 29.8 Å². The molecule has 1 atom stereocenters. The van der Waals surface area contributed by atoms with Crippen LogP contribution in [0.5, 0.6) is 5.75 Å². The first kappa shape index (κ1) is 15.0. The molecule has 18 heavy (non-hydrogen) atoms. The second-order valence-electron chi connectivity index (χ2n) is 4.60. The largest absolute Gasteiger partial charge is 0.491 e. The van der Waals surface area contributed by atoms with Crippen LogP contribution >= 0.6 is 11.6 Å². The van der Waals surface area contributed by atoms with E-state index in [1.807, 2.05) is 24.3 Å². The Labute approximate surface area is 114 Å². The number of carbonyl (C=O) groups is 1. The number of hydrogen-bond donors (Lipinski definition) is 0. The molecule has 0 N–H and O–H groups in total. The molecule has 0 radical (unpaired) electrons. The molecule has 1 rings (SSSR count). The predicted molar refractivity (Wildman–Crippen MR) is 75.2 cm³/mol. The molecule has 0 amide bonds. The number of halogens is 1. The van der Waals surface area contributed by atoms with Crippen LogP contribution in [-0.2, 0) is 11.2 Å². The summed E-state index contributed by atoms with van der Waals surface area (Å²) in [6, 6.07) is 7.56. The zero-order chi connectivity index (χ0) is 13.4. The summed E-state index contributed by atoms with van der Waals surface area (Å²) in [7, 11) is 0. The van der Waals surface area contributed by atoms with Crippen molar-refractivity contribution < 1.29 is 9.53 Å². The van der Waals surface area contributed by atoms with Gasteiger partial charge < -0.3 is 4.74 Å². The Morgan fingerprint density at radius 3 is 2.50 bits per heavy atom. The maximum absolute atomic E-state index is 10.8. The quantitative estimate of drug-likeness (QED) is 0.518. The first-order valence-corrected chi connectivity index (χ1v) is 6.93. The molecule has 0 aliphatic heterocycles. The van der Waals surface area contributed by atoms with E-state index in [2.05, 4.69) is 13.8 Å². The Morgan fingerprint density at radius 2 is 1.94 bits per heavy atom. The summed E-state index contributed by atoms with van der Waals surface area (Å²) in [5, 5.41) is -0.336. The third-order valence-electron chi connectivity index (χ3n) is 2.82. The third-order valence-corrected chi connectivity index (χ3v) is 2.95. The summed E-state index contributed by atoms with van der Waals surface area (Å²) in [6.07, 6.45) is 5.27. The van der Waals surface area contributed by atoms with Crippen molar-refractivity contribution in [1.82, 2.24) is 0 Å². The molecule has 0 fully saturated rings. The highest BCUT2D eigenvalue weighted by atomic mass is 35.5. The molecule has 0 aromatic heterocycles. The van der Waals surface area contributed by atoms with Gasteiger partial charge in [-0.3, -0.25) is 4.79 Å². The number of unbranched alkanes of at least 4 members (excludes halogenated alkanes) is 2. The van der Waals surface area contributed by atoms with Crippen LogP contribution in [0.2, 0.25) is 0 Å². The molecule has 0 saturated heterocycles. The summed E-state index contributed by atoms with van der Waals surface area (Å²) >= 11 is 5.34. The average Bonchev–Trinajstić information content (AvgIpc) is 2.31. The van der Waals surface area contributed by atoms with E-state index in [4.69, 9.17) is 16.3 Å². The summed E-state index contributed by atoms with van der Waals surface area (Å²) < 4.78 is 5.80. The first-order valence-electron chi connectivity index (χ1n) is 6.55. The van der Waals surface area contributed by atoms with Crippen molar-refractivity contribution in [3.8, 4) is 5.75 Å². The fourth-order valence-corrected chi connectivity index (χ4v) is 1.97. The van der Waals surface area contributed by atoms with Crippen LogP contribution in [0.25, 0.3) is 0 Å². The molecule has 0 spiro atoms. The van der Waals surface area contributed by atoms with E-state index in [0.717, 1.165) is 17.7 Å². The maximum atomic E-state index is 10.8. The van der Waals surface area contributed by atoms with Crippen molar-refractivity contribution in [1.29, 1.82) is 0 Å². The highest BCUT2D eigenvalue weighted by Crippen LogP contribution is 2.16. The van der Waals surface area contributed by atoms with Gasteiger partial charge in [0, 0.05) is 6.42 Å². The van der Waals surface area contributed by atoms with Crippen LogP contribution in [0, 0.1) is 0 Å². The molecule has 1 aromatic rings. The van der Waals surface area contributed by atoms with E-state index >= 15 is 0 Å². The molecular weight excluding hydrogens is 248 g/mol. The molecule has 0 aliphatic carbocycles. The van der Waals surface area contributed by atoms with Gasteiger partial charge in [-0.05, 0) is 49.1 Å². The molecule has 0 bridgehead atoms. The van der Waals surface area contributed by atoms with Gasteiger partial charge in [-0.2, -0.15) is 0 Å². The molecule has 100 valence electrons. The maximum Gasteiger partial charge on any atom is 0.226 e. The number of ether oxygens (including phenoxy) is 1. The summed E-state index contributed by atoms with van der Waals surface area (Å²) in [6.45, 7) is 4.29. The number of rotatable bonds is 8. The monoisotopic (exact) mass is 268 g/mol. The third kappa shape index (κ3) is 6.06. The molecule has 2 nitrogen and oxygen atoms in total. The normalized spacial score (nSPS) is 12.2. The number of hydrogen-bond acceptors (Lipinski definition) is 2. The van der Waals surface area contributed by atoms with Gasteiger partial charge in [0.15, 0.2) is 0 Å². The predicted octanol–water partition coefficient (Wildman–Crippen LogP) is 4.34. The molecule has 1 aromatic carbocycles. The molecule has 1 unspecified atom stereocenters. The van der Waals surface area contributed by atoms with Crippen molar-refractivity contribution in [3.63, 3.8) is 0 Å². The van der Waals surface area contributed by atoms with E-state index in [1.165, 1.54) is 19.3 Å². The van der Waals surface area contributed by atoms with Gasteiger partial charge in [0.05, 0.1) is 6.10 Å². The van der Waals surface area contributed by atoms with Crippen molar-refractivity contribution >= 4 is 16.8 Å². The minimum Gasteiger partial charge on any atom is -0.491 e. The van der Waals surface area contributed by atoms with Gasteiger partial charge in [0.1, 0.15) is 5.75 Å². The zero-order valence-electron chi connectivity index (χ0n) is 11.1. The van der Waals surface area contributed by atoms with Crippen LogP contribution < -0.4 is 4.74 Å². The zero-order valence-corrected chi connectivity index (χ0v) is 11.9. The topological polar surface area (TPSA) is 26.3 Å². The fraction of sp³-hybridized carbons (Fsp3) is 0.533. The van der Waals surface area contributed by atoms with Crippen LogP contribution in [0.1, 0.15) is 45.1 Å². The first-order chi connectivity index (χ1) is 8.61. The van der Waals surface area contributed by atoms with Crippen LogP contribution in [0.15, 0.2) is 24.3 Å². The molecule has 0 saturated carbocycles. The van der Waals surface area contributed by atoms with Crippen LogP contribution in [0.4, 0.5) is 0 Å². The van der Waals surface area contributed by atoms with E-state index < -0.39 is 0 Å². The van der Waals surface area contributed by atoms with Crippen molar-refractivity contribution in [2.45, 2.75) is 52.1 Å². The fourth-order valence-electron chi connectivity index (χ4n) is 1.82. The van der Waals surface area contributed by atoms with Crippen LogP contribution in [0.3, 0.4) is 0 Å². The summed E-state index contributed by atoms with van der Waals surface area (Å²) in [5.41, 5.74) is 0.918. The lowest BCUT2D eigenvalue weighted by Gasteiger charge is -2.14. The van der Waals surface area contributed by atoms with Gasteiger partial charge in [-0.1, -0.05) is 31.9 Å². The SMILES string of the molecule is CCCCCC(C)Oc1ccc(CC(=O)Cl)cc1. The van der Waals surface area contributed by atoms with Crippen LogP contribution in [-0.4, -0.2) is 11.3 Å². The Balaban J connectivity index is 2.40. The number of benzene rings is 1. The standard InChI is InChI=1S/C15H21ClO2/c1-3-4-5-6-12(2)18-14-9-7-13(8-10-14)11-15(16)17/h7-10,12H,3-6,11H2,1-2H3. The van der Waals surface area contributed by atoms with Gasteiger partial charge in [-0.25, -0.2) is 0 Å². The lowest BCUT2D eigenvalue weighted by molar-refractivity contribution is -0.111. The van der Waals surface area contributed by atoms with Crippen molar-refractivity contribution in [2.75, 3.05) is 0 Å². The molecule has 3 heteroatoms. The second-order valence-corrected chi connectivity index (χ2v) is 5.02. The minimum absolute atomic E-state index is 0.233.